The molecule has 2 aromatic carbocycles. The molecule has 14 rings (SSSR count). The molecule has 6 aromatic rings. The van der Waals surface area contributed by atoms with Gasteiger partial charge in [0, 0.05) is 41.8 Å². The number of aromatic nitrogens is 4. The molecule has 8 fully saturated rings. The van der Waals surface area contributed by atoms with Crippen LogP contribution in [0.5, 0.6) is 23.0 Å². The molecule has 0 radical (unpaired) electrons. The molecule has 16 atom stereocenters. The number of nitrogens with zero attached hydrogens (tertiary/aromatic N) is 6. The summed E-state index contributed by atoms with van der Waals surface area (Å²) in [6.07, 6.45) is 3.66. The number of carboxylic acid groups (broad SMARTS) is 1. The van der Waals surface area contributed by atoms with Crippen molar-refractivity contribution in [2.24, 2.45) is 46.3 Å². The molecule has 640 valence electrons. The molecule has 6 aliphatic carbocycles. The monoisotopic (exact) mass is 1680 g/mol. The number of esters is 1. The second-order valence-corrected chi connectivity index (χ2v) is 37.2. The van der Waals surface area contributed by atoms with E-state index < -0.39 is 118 Å². The number of benzene rings is 2. The van der Waals surface area contributed by atoms with Crippen molar-refractivity contribution in [3.63, 3.8) is 0 Å². The largest absolute Gasteiger partial charge is 0.495 e. The third kappa shape index (κ3) is 19.2. The molecule has 6 heterocycles. The van der Waals surface area contributed by atoms with E-state index in [1.807, 2.05) is 87.4 Å². The first kappa shape index (κ1) is 86.6. The number of ether oxygens (including phenoxy) is 8. The predicted octanol–water partition coefficient (Wildman–Crippen LogP) is 13.5. The fourth-order valence-corrected chi connectivity index (χ4v) is 18.0. The maximum atomic E-state index is 14.8. The van der Waals surface area contributed by atoms with Crippen LogP contribution in [0, 0.1) is 46.3 Å². The molecule has 30 nitrogen and oxygen atoms in total. The Kier molecular flexibility index (Phi) is 24.8. The Morgan fingerprint density at radius 2 is 0.941 bits per heavy atom. The van der Waals surface area contributed by atoms with Gasteiger partial charge in [-0.2, -0.15) is 0 Å². The van der Waals surface area contributed by atoms with Crippen LogP contribution >= 0.6 is 23.2 Å². The maximum absolute atomic E-state index is 14.8. The van der Waals surface area contributed by atoms with Gasteiger partial charge in [0.15, 0.2) is 0 Å². The van der Waals surface area contributed by atoms with Gasteiger partial charge in [-0.3, -0.25) is 24.5 Å². The van der Waals surface area contributed by atoms with Gasteiger partial charge in [0.2, 0.25) is 23.6 Å². The minimum Gasteiger partial charge on any atom is -0.495 e. The van der Waals surface area contributed by atoms with E-state index in [0.29, 0.717) is 123 Å². The molecule has 8 aliphatic rings. The molecule has 0 spiro atoms. The lowest BCUT2D eigenvalue weighted by molar-refractivity contribution is -0.148. The number of nitrogens with one attached hydrogen (secondary N) is 6. The van der Waals surface area contributed by atoms with Crippen molar-refractivity contribution < 1.29 is 86.2 Å². The Labute approximate surface area is 702 Å². The van der Waals surface area contributed by atoms with Crippen molar-refractivity contribution in [2.75, 3.05) is 45.1 Å². The van der Waals surface area contributed by atoms with Crippen LogP contribution in [0.1, 0.15) is 167 Å². The summed E-state index contributed by atoms with van der Waals surface area (Å²) >= 11 is 13.7. The topological polar surface area (TPSA) is 378 Å². The number of carboxylic acids is 1. The summed E-state index contributed by atoms with van der Waals surface area (Å²) < 4.78 is 46.6. The number of aliphatic carboxylic acids is 1. The van der Waals surface area contributed by atoms with E-state index in [-0.39, 0.29) is 71.9 Å². The molecular formula is C87H110Cl2N12O18. The molecule has 4 aromatic heterocycles. The Morgan fingerprint density at radius 1 is 0.521 bits per heavy atom. The van der Waals surface area contributed by atoms with Crippen LogP contribution < -0.4 is 50.8 Å². The number of carbonyl (C=O) groups is 9. The molecule has 2 unspecified atom stereocenters. The number of methoxy groups -OCH3 is 3. The number of likely N-dealkylation sites (tertiary alicyclic amines) is 2. The number of carbonyl (C=O) groups excluding carboxylic acids is 8. The quantitative estimate of drug-likeness (QED) is 0.0207. The number of hydrogen-bond donors (Lipinski definition) is 7. The summed E-state index contributed by atoms with van der Waals surface area (Å²) in [6, 6.07) is 16.8. The highest BCUT2D eigenvalue weighted by molar-refractivity contribution is 6.37. The Bertz CT molecular complexity index is 4920. The van der Waals surface area contributed by atoms with Crippen LogP contribution in [0.4, 0.5) is 26.0 Å². The zero-order valence-corrected chi connectivity index (χ0v) is 71.8. The molecule has 32 heteroatoms. The van der Waals surface area contributed by atoms with Gasteiger partial charge in [-0.05, 0) is 181 Å². The molecule has 6 saturated carbocycles. The van der Waals surface area contributed by atoms with Gasteiger partial charge in [0.05, 0.1) is 68.2 Å². The summed E-state index contributed by atoms with van der Waals surface area (Å²) in [4.78, 5) is 145. The normalized spacial score (nSPS) is 26.1. The van der Waals surface area contributed by atoms with Gasteiger partial charge < -0.3 is 79.4 Å². The van der Waals surface area contributed by atoms with Crippen molar-refractivity contribution in [2.45, 2.75) is 238 Å². The van der Waals surface area contributed by atoms with Gasteiger partial charge >= 0.3 is 30.2 Å². The SMILES string of the molecule is CC[C@@H]1C[C@]1(NC(=O)[C@@H]1C[C@@H](Oc2cc(-c3cccc(NC(=O)OC(C)(C)C)n3)nc3c(Cl)c(OC)ccc23)CN1C(=O)[C@@H](NC(=O)OC1C[C@@H]2C[C@@H]2C1)C(C)(C)C)C(=O)OC.CC[C@@H]1C[C@]1(NC(=O)[C@@H]1C[C@@H](Oc2cc(-c3cccc(NC(C)C)n3)nc3c(Cl)c(OC)ccc23)CN1C(=O)[C@@H](NC(=O)OC1C[C@@H]2C[C@@H]2C1)C(C)(C)C)C(=O)O. The molecule has 2 aliphatic heterocycles. The highest BCUT2D eigenvalue weighted by atomic mass is 35.5. The third-order valence-corrected chi connectivity index (χ3v) is 24.8. The number of fused-ring (bicyclic) bond motifs is 4. The van der Waals surface area contributed by atoms with Crippen LogP contribution in [0.15, 0.2) is 72.8 Å². The zero-order valence-electron chi connectivity index (χ0n) is 70.3. The molecule has 7 N–H and O–H groups in total. The van der Waals surface area contributed by atoms with Crippen LogP contribution in [0.25, 0.3) is 44.6 Å². The van der Waals surface area contributed by atoms with Crippen molar-refractivity contribution in [1.82, 2.24) is 51.0 Å². The zero-order chi connectivity index (χ0) is 85.9. The Hall–Kier alpha value is -10.2. The van der Waals surface area contributed by atoms with E-state index in [2.05, 4.69) is 36.9 Å². The Balaban J connectivity index is 0.000000207. The van der Waals surface area contributed by atoms with E-state index in [9.17, 15) is 48.3 Å². The molecule has 0 bridgehead atoms. The van der Waals surface area contributed by atoms with E-state index >= 15 is 0 Å². The summed E-state index contributed by atoms with van der Waals surface area (Å²) in [6.45, 7) is 24.0. The van der Waals surface area contributed by atoms with E-state index in [1.165, 1.54) is 37.6 Å². The average molecular weight is 1680 g/mol. The summed E-state index contributed by atoms with van der Waals surface area (Å²) in [5, 5.41) is 29.1. The molecule has 7 amide bonds. The number of halogens is 2. The number of anilines is 2. The number of rotatable bonds is 25. The summed E-state index contributed by atoms with van der Waals surface area (Å²) in [7, 11) is 4.28. The fourth-order valence-electron chi connectivity index (χ4n) is 17.4. The lowest BCUT2D eigenvalue weighted by Crippen LogP contribution is -2.59. The number of pyridine rings is 4. The number of amides is 7. The Morgan fingerprint density at radius 3 is 1.33 bits per heavy atom. The number of hydrogen-bond acceptors (Lipinski definition) is 22. The fraction of sp³-hybridized carbons (Fsp3) is 0.575. The molecule has 119 heavy (non-hydrogen) atoms. The third-order valence-electron chi connectivity index (χ3n) is 24.0. The second kappa shape index (κ2) is 34.1. The smallest absolute Gasteiger partial charge is 0.413 e. The lowest BCUT2D eigenvalue weighted by Gasteiger charge is -2.35. The van der Waals surface area contributed by atoms with Crippen LogP contribution in [-0.4, -0.2) is 194 Å². The first-order valence-corrected chi connectivity index (χ1v) is 41.9. The van der Waals surface area contributed by atoms with Crippen LogP contribution in [0.2, 0.25) is 10.0 Å². The van der Waals surface area contributed by atoms with E-state index in [4.69, 9.17) is 76.0 Å². The van der Waals surface area contributed by atoms with Crippen molar-refractivity contribution >= 4 is 110 Å². The minimum absolute atomic E-state index is 0.0292. The highest BCUT2D eigenvalue weighted by Crippen LogP contribution is 2.54. The van der Waals surface area contributed by atoms with E-state index in [0.717, 1.165) is 32.1 Å². The van der Waals surface area contributed by atoms with Crippen LogP contribution in [-0.2, 0) is 47.7 Å². The van der Waals surface area contributed by atoms with Gasteiger partial charge in [0.1, 0.15) is 110 Å². The van der Waals surface area contributed by atoms with Crippen molar-refractivity contribution in [3.8, 4) is 45.8 Å². The van der Waals surface area contributed by atoms with Crippen molar-refractivity contribution in [1.29, 1.82) is 0 Å². The summed E-state index contributed by atoms with van der Waals surface area (Å²) in [5.41, 5.74) is -2.45. The lowest BCUT2D eigenvalue weighted by atomic mass is 9.85. The van der Waals surface area contributed by atoms with Gasteiger partial charge in [-0.1, -0.05) is 104 Å². The maximum Gasteiger partial charge on any atom is 0.413 e. The standard InChI is InChI=1S/C45H57ClN6O10.C42H53ClN6O8/c1-10-25-21-45(25,40(55)59-9)51-38(53)31-19-27(22-52(31)39(54)37(43(2,3)4)50-41(56)61-26-17-23-16-24(23)18-26)60-33-20-30(48-36-28(33)14-15-32(58-8)35(36)46)29-12-11-13-34(47-29)49-42(57)62-44(5,6)7;1-8-24-19-42(24,39(52)53)48-37(50)30-17-26(20-49(30)38(51)36(41(4,5)6)47-40(54)57-25-15-22-14-23(22)16-25)56-32-18-29(28-10-9-11-33(45-28)44-21(2)3)46-35-27(32)12-13-31(55-7)34(35)43/h11-15,20,23-27,31,37H,10,16-19,21-22H2,1-9H3,(H,50,56)(H,51,53)(H,47,49,57);9-13,18,21-26,30,36H,8,14-17,19-20H2,1-7H3,(H,44,45)(H,47,54)(H,48,50)(H,52,53)/t23-,24+,25-,26?,27-,31+,37-,45-;22-,23+,24-,25?,26-,30+,36-,42-/m11/s1. The van der Waals surface area contributed by atoms with Gasteiger partial charge in [-0.25, -0.2) is 43.9 Å². The second-order valence-electron chi connectivity index (χ2n) is 36.4. The summed E-state index contributed by atoms with van der Waals surface area (Å²) in [5.74, 6) is 0.587. The van der Waals surface area contributed by atoms with Gasteiger partial charge in [-0.15, -0.1) is 0 Å². The first-order chi connectivity index (χ1) is 56.2. The first-order valence-electron chi connectivity index (χ1n) is 41.1. The van der Waals surface area contributed by atoms with Gasteiger partial charge in [0.25, 0.3) is 0 Å². The molecule has 2 saturated heterocycles. The number of alkyl carbamates (subject to hydrolysis) is 2. The van der Waals surface area contributed by atoms with Crippen LogP contribution in [0.3, 0.4) is 0 Å². The van der Waals surface area contributed by atoms with Crippen molar-refractivity contribution in [3.05, 3.63) is 82.8 Å². The average Bonchev–Trinajstić information content (AvgIpc) is 1.56. The molecular weight excluding hydrogens is 1570 g/mol. The highest BCUT2D eigenvalue weighted by Gasteiger charge is 2.64. The van der Waals surface area contributed by atoms with E-state index in [1.54, 1.807) is 75.4 Å². The predicted molar refractivity (Wildman–Crippen MR) is 444 cm³/mol. The minimum atomic E-state index is -1.41.